The van der Waals surface area contributed by atoms with Gasteiger partial charge in [0.2, 0.25) is 0 Å². The number of methoxy groups -OCH3 is 1. The van der Waals surface area contributed by atoms with Crippen LogP contribution in [0.3, 0.4) is 0 Å². The van der Waals surface area contributed by atoms with Gasteiger partial charge in [-0.25, -0.2) is 4.79 Å². The van der Waals surface area contributed by atoms with Crippen molar-refractivity contribution in [1.29, 1.82) is 0 Å². The minimum absolute atomic E-state index is 0.312. The van der Waals surface area contributed by atoms with E-state index >= 15 is 0 Å². The molecule has 0 spiro atoms. The lowest BCUT2D eigenvalue weighted by molar-refractivity contribution is 0.0600. The summed E-state index contributed by atoms with van der Waals surface area (Å²) in [5, 5.41) is 0. The van der Waals surface area contributed by atoms with Crippen molar-refractivity contribution in [3.05, 3.63) is 35.4 Å². The second kappa shape index (κ2) is 5.68. The number of carbonyl (C=O) groups is 1. The smallest absolute Gasteiger partial charge is 0.337 e. The SMILES string of the molecule is COC(=O)c1ccc(C#CC2CC3COCC3C2)cc1. The van der Waals surface area contributed by atoms with Crippen molar-refractivity contribution in [2.45, 2.75) is 12.8 Å². The molecule has 1 aliphatic heterocycles. The monoisotopic (exact) mass is 270 g/mol. The van der Waals surface area contributed by atoms with Gasteiger partial charge in [-0.05, 0) is 48.9 Å². The first-order chi connectivity index (χ1) is 9.76. The highest BCUT2D eigenvalue weighted by atomic mass is 16.5. The van der Waals surface area contributed by atoms with Crippen molar-refractivity contribution in [2.24, 2.45) is 17.8 Å². The van der Waals surface area contributed by atoms with E-state index in [4.69, 9.17) is 4.74 Å². The molecule has 0 amide bonds. The maximum Gasteiger partial charge on any atom is 0.337 e. The third-order valence-corrected chi connectivity index (χ3v) is 4.23. The lowest BCUT2D eigenvalue weighted by Crippen LogP contribution is -2.01. The standard InChI is InChI=1S/C17H18O3/c1-19-17(18)14-6-4-12(5-7-14)2-3-13-8-15-10-20-11-16(15)9-13/h4-7,13,15-16H,8-11H2,1H3. The summed E-state index contributed by atoms with van der Waals surface area (Å²) in [5.74, 6) is 8.20. The third kappa shape index (κ3) is 2.71. The maximum absolute atomic E-state index is 11.3. The molecule has 104 valence electrons. The minimum atomic E-state index is -0.312. The topological polar surface area (TPSA) is 35.5 Å². The maximum atomic E-state index is 11.3. The largest absolute Gasteiger partial charge is 0.465 e. The van der Waals surface area contributed by atoms with E-state index in [-0.39, 0.29) is 5.97 Å². The number of hydrogen-bond acceptors (Lipinski definition) is 3. The summed E-state index contributed by atoms with van der Waals surface area (Å²) < 4.78 is 10.1. The van der Waals surface area contributed by atoms with Crippen LogP contribution in [-0.2, 0) is 9.47 Å². The Balaban J connectivity index is 1.64. The van der Waals surface area contributed by atoms with Gasteiger partial charge in [0.05, 0.1) is 12.7 Å². The molecule has 1 aliphatic carbocycles. The fourth-order valence-electron chi connectivity index (χ4n) is 3.10. The number of fused-ring (bicyclic) bond motifs is 1. The lowest BCUT2D eigenvalue weighted by Gasteiger charge is -2.02. The van der Waals surface area contributed by atoms with Crippen LogP contribution in [0.15, 0.2) is 24.3 Å². The number of benzene rings is 1. The molecule has 1 saturated heterocycles. The van der Waals surface area contributed by atoms with Crippen LogP contribution in [0.4, 0.5) is 0 Å². The van der Waals surface area contributed by atoms with Crippen LogP contribution in [0.5, 0.6) is 0 Å². The van der Waals surface area contributed by atoms with Gasteiger partial charge in [0.1, 0.15) is 0 Å². The zero-order valence-corrected chi connectivity index (χ0v) is 11.6. The predicted octanol–water partition coefficient (Wildman–Crippen LogP) is 2.50. The molecule has 0 aromatic heterocycles. The van der Waals surface area contributed by atoms with Gasteiger partial charge in [-0.15, -0.1) is 0 Å². The van der Waals surface area contributed by atoms with Crippen molar-refractivity contribution in [2.75, 3.05) is 20.3 Å². The molecule has 1 aromatic rings. The van der Waals surface area contributed by atoms with Gasteiger partial charge in [-0.1, -0.05) is 11.8 Å². The molecule has 1 saturated carbocycles. The average molecular weight is 270 g/mol. The normalized spacial score (nSPS) is 27.6. The number of hydrogen-bond donors (Lipinski definition) is 0. The number of esters is 1. The molecule has 3 rings (SSSR count). The Bertz CT molecular complexity index is 538. The Hall–Kier alpha value is -1.79. The van der Waals surface area contributed by atoms with E-state index in [1.54, 1.807) is 12.1 Å². The quantitative estimate of drug-likeness (QED) is 0.581. The van der Waals surface area contributed by atoms with Gasteiger partial charge < -0.3 is 9.47 Å². The Morgan fingerprint density at radius 2 is 1.85 bits per heavy atom. The molecule has 2 atom stereocenters. The van der Waals surface area contributed by atoms with E-state index in [9.17, 15) is 4.79 Å². The zero-order valence-electron chi connectivity index (χ0n) is 11.6. The van der Waals surface area contributed by atoms with Gasteiger partial charge in [-0.3, -0.25) is 0 Å². The molecule has 2 unspecified atom stereocenters. The van der Waals surface area contributed by atoms with Crippen molar-refractivity contribution >= 4 is 5.97 Å². The Morgan fingerprint density at radius 3 is 2.45 bits per heavy atom. The van der Waals surface area contributed by atoms with Crippen LogP contribution in [0.25, 0.3) is 0 Å². The van der Waals surface area contributed by atoms with E-state index in [0.29, 0.717) is 11.5 Å². The number of ether oxygens (including phenoxy) is 2. The summed E-state index contributed by atoms with van der Waals surface area (Å²) in [6, 6.07) is 7.26. The first kappa shape index (κ1) is 13.2. The third-order valence-electron chi connectivity index (χ3n) is 4.23. The molecule has 1 heterocycles. The first-order valence-electron chi connectivity index (χ1n) is 7.04. The van der Waals surface area contributed by atoms with Crippen LogP contribution >= 0.6 is 0 Å². The molecule has 3 nitrogen and oxygen atoms in total. The van der Waals surface area contributed by atoms with Crippen LogP contribution in [-0.4, -0.2) is 26.3 Å². The lowest BCUT2D eigenvalue weighted by atomic mass is 10.0. The molecule has 2 fully saturated rings. The van der Waals surface area contributed by atoms with Gasteiger partial charge in [-0.2, -0.15) is 0 Å². The van der Waals surface area contributed by atoms with E-state index in [2.05, 4.69) is 16.6 Å². The molecule has 1 aromatic carbocycles. The Labute approximate surface area is 119 Å². The predicted molar refractivity (Wildman–Crippen MR) is 75.2 cm³/mol. The molecule has 3 heteroatoms. The first-order valence-corrected chi connectivity index (χ1v) is 7.04. The highest BCUT2D eigenvalue weighted by Crippen LogP contribution is 2.39. The second-order valence-corrected chi connectivity index (χ2v) is 5.56. The average Bonchev–Trinajstić information content (AvgIpc) is 3.06. The zero-order chi connectivity index (χ0) is 13.9. The Morgan fingerprint density at radius 1 is 1.20 bits per heavy atom. The van der Waals surface area contributed by atoms with Crippen LogP contribution in [0, 0.1) is 29.6 Å². The highest BCUT2D eigenvalue weighted by molar-refractivity contribution is 5.89. The van der Waals surface area contributed by atoms with E-state index in [1.165, 1.54) is 7.11 Å². The summed E-state index contributed by atoms with van der Waals surface area (Å²) >= 11 is 0. The summed E-state index contributed by atoms with van der Waals surface area (Å²) in [4.78, 5) is 11.3. The van der Waals surface area contributed by atoms with Crippen molar-refractivity contribution < 1.29 is 14.3 Å². The summed E-state index contributed by atoms with van der Waals surface area (Å²) in [6.07, 6.45) is 2.33. The van der Waals surface area contributed by atoms with Gasteiger partial charge >= 0.3 is 5.97 Å². The van der Waals surface area contributed by atoms with E-state index < -0.39 is 0 Å². The molecule has 0 bridgehead atoms. The summed E-state index contributed by atoms with van der Waals surface area (Å²) in [7, 11) is 1.39. The van der Waals surface area contributed by atoms with Crippen molar-refractivity contribution in [3.8, 4) is 11.8 Å². The molecule has 20 heavy (non-hydrogen) atoms. The molecular weight excluding hydrogens is 252 g/mol. The van der Waals surface area contributed by atoms with Crippen molar-refractivity contribution in [1.82, 2.24) is 0 Å². The second-order valence-electron chi connectivity index (χ2n) is 5.56. The molecule has 2 aliphatic rings. The molecular formula is C17H18O3. The molecule has 0 N–H and O–H groups in total. The highest BCUT2D eigenvalue weighted by Gasteiger charge is 2.37. The Kier molecular flexibility index (Phi) is 3.75. The number of rotatable bonds is 1. The molecule has 0 radical (unpaired) electrons. The van der Waals surface area contributed by atoms with Crippen molar-refractivity contribution in [3.63, 3.8) is 0 Å². The fraction of sp³-hybridized carbons (Fsp3) is 0.471. The van der Waals surface area contributed by atoms with Gasteiger partial charge in [0.25, 0.3) is 0 Å². The van der Waals surface area contributed by atoms with Gasteiger partial charge in [0.15, 0.2) is 0 Å². The van der Waals surface area contributed by atoms with Gasteiger partial charge in [0, 0.05) is 24.7 Å². The van der Waals surface area contributed by atoms with E-state index in [1.807, 2.05) is 12.1 Å². The minimum Gasteiger partial charge on any atom is -0.465 e. The number of carbonyl (C=O) groups excluding carboxylic acids is 1. The fourth-order valence-corrected chi connectivity index (χ4v) is 3.10. The van der Waals surface area contributed by atoms with Crippen LogP contribution in [0.2, 0.25) is 0 Å². The van der Waals surface area contributed by atoms with Crippen LogP contribution < -0.4 is 0 Å². The summed E-state index contributed by atoms with van der Waals surface area (Å²) in [5.41, 5.74) is 1.51. The van der Waals surface area contributed by atoms with E-state index in [0.717, 1.165) is 43.5 Å². The summed E-state index contributed by atoms with van der Waals surface area (Å²) in [6.45, 7) is 1.83. The van der Waals surface area contributed by atoms with Crippen LogP contribution in [0.1, 0.15) is 28.8 Å².